The molecule has 0 amide bonds. The number of ether oxygens (including phenoxy) is 1. The lowest BCUT2D eigenvalue weighted by atomic mass is 10.2. The molecule has 3 aromatic carbocycles. The number of aromatic hydroxyl groups is 1. The van der Waals surface area contributed by atoms with Crippen molar-refractivity contribution < 1.29 is 14.3 Å². The maximum absolute atomic E-state index is 10.3. The summed E-state index contributed by atoms with van der Waals surface area (Å²) in [6.45, 7) is 4.35. The highest BCUT2D eigenvalue weighted by Crippen LogP contribution is 2.33. The topological polar surface area (TPSA) is 67.9 Å². The van der Waals surface area contributed by atoms with Crippen molar-refractivity contribution in [3.8, 4) is 23.0 Å². The average molecular weight is 451 g/mol. The number of aromatic nitrogens is 1. The standard InChI is InChI=1S/C23H19BrN2O3/c1-3-28-20-12-17(24)11-16(22(20)27)13-25-18-9-7-15(8-10-18)23-26-21-14(2)5-4-6-19(21)29-23/h4-13,27H,3H2,1-2H3. The van der Waals surface area contributed by atoms with Crippen LogP contribution in [0.1, 0.15) is 18.1 Å². The van der Waals surface area contributed by atoms with Crippen LogP contribution in [0, 0.1) is 6.92 Å². The van der Waals surface area contributed by atoms with Gasteiger partial charge in [-0.05, 0) is 61.9 Å². The van der Waals surface area contributed by atoms with Gasteiger partial charge in [0, 0.05) is 21.8 Å². The molecule has 6 heteroatoms. The Morgan fingerprint density at radius 1 is 1.17 bits per heavy atom. The Labute approximate surface area is 176 Å². The van der Waals surface area contributed by atoms with E-state index in [2.05, 4.69) is 25.9 Å². The molecule has 5 nitrogen and oxygen atoms in total. The minimum Gasteiger partial charge on any atom is -0.504 e. The normalized spacial score (nSPS) is 11.4. The summed E-state index contributed by atoms with van der Waals surface area (Å²) in [6.07, 6.45) is 1.61. The number of fused-ring (bicyclic) bond motifs is 1. The van der Waals surface area contributed by atoms with Crippen LogP contribution >= 0.6 is 15.9 Å². The van der Waals surface area contributed by atoms with Crippen LogP contribution in [0.5, 0.6) is 11.5 Å². The Morgan fingerprint density at radius 2 is 1.97 bits per heavy atom. The highest BCUT2D eigenvalue weighted by molar-refractivity contribution is 9.10. The number of hydrogen-bond donors (Lipinski definition) is 1. The Morgan fingerprint density at radius 3 is 2.69 bits per heavy atom. The third-order valence-electron chi connectivity index (χ3n) is 4.46. The first-order chi connectivity index (χ1) is 14.0. The number of aryl methyl sites for hydroxylation is 1. The number of phenolic OH excluding ortho intramolecular Hbond substituents is 1. The molecule has 0 radical (unpaired) electrons. The fourth-order valence-electron chi connectivity index (χ4n) is 3.00. The zero-order valence-electron chi connectivity index (χ0n) is 16.0. The molecule has 29 heavy (non-hydrogen) atoms. The number of aliphatic imine (C=N–C) groups is 1. The van der Waals surface area contributed by atoms with Crippen LogP contribution < -0.4 is 4.74 Å². The molecular formula is C23H19BrN2O3. The van der Waals surface area contributed by atoms with E-state index in [9.17, 15) is 5.11 Å². The second-order valence-corrected chi connectivity index (χ2v) is 7.44. The molecule has 0 aliphatic carbocycles. The number of oxazole rings is 1. The van der Waals surface area contributed by atoms with Gasteiger partial charge in [-0.1, -0.05) is 28.1 Å². The highest BCUT2D eigenvalue weighted by atomic mass is 79.9. The van der Waals surface area contributed by atoms with E-state index in [1.165, 1.54) is 0 Å². The van der Waals surface area contributed by atoms with Crippen LogP contribution in [0.15, 0.2) is 68.5 Å². The van der Waals surface area contributed by atoms with Gasteiger partial charge in [0.1, 0.15) is 5.52 Å². The first-order valence-corrected chi connectivity index (χ1v) is 10.0. The number of para-hydroxylation sites is 1. The number of nitrogens with zero attached hydrogens (tertiary/aromatic N) is 2. The van der Waals surface area contributed by atoms with Gasteiger partial charge in [0.25, 0.3) is 0 Å². The molecule has 0 saturated carbocycles. The third-order valence-corrected chi connectivity index (χ3v) is 4.91. The Bertz CT molecular complexity index is 1200. The maximum Gasteiger partial charge on any atom is 0.227 e. The fraction of sp³-hybridized carbons (Fsp3) is 0.130. The summed E-state index contributed by atoms with van der Waals surface area (Å²) in [4.78, 5) is 9.06. The van der Waals surface area contributed by atoms with E-state index in [0.29, 0.717) is 23.8 Å². The van der Waals surface area contributed by atoms with Crippen molar-refractivity contribution >= 4 is 38.9 Å². The van der Waals surface area contributed by atoms with Crippen LogP contribution in [-0.4, -0.2) is 22.9 Å². The van der Waals surface area contributed by atoms with Gasteiger partial charge < -0.3 is 14.3 Å². The number of phenols is 1. The summed E-state index contributed by atoms with van der Waals surface area (Å²) in [5, 5.41) is 10.3. The van der Waals surface area contributed by atoms with Crippen LogP contribution in [0.3, 0.4) is 0 Å². The molecule has 0 aliphatic rings. The molecule has 4 aromatic rings. The van der Waals surface area contributed by atoms with Crippen molar-refractivity contribution in [3.63, 3.8) is 0 Å². The van der Waals surface area contributed by atoms with Gasteiger partial charge in [-0.2, -0.15) is 0 Å². The summed E-state index contributed by atoms with van der Waals surface area (Å²) in [5.41, 5.74) is 4.93. The largest absolute Gasteiger partial charge is 0.504 e. The molecule has 0 fully saturated rings. The fourth-order valence-corrected chi connectivity index (χ4v) is 3.46. The van der Waals surface area contributed by atoms with Gasteiger partial charge in [0.15, 0.2) is 17.1 Å². The van der Waals surface area contributed by atoms with E-state index < -0.39 is 0 Å². The van der Waals surface area contributed by atoms with Crippen LogP contribution in [-0.2, 0) is 0 Å². The SMILES string of the molecule is CCOc1cc(Br)cc(C=Nc2ccc(-c3nc4c(C)cccc4o3)cc2)c1O. The van der Waals surface area contributed by atoms with Gasteiger partial charge >= 0.3 is 0 Å². The molecule has 0 unspecified atom stereocenters. The van der Waals surface area contributed by atoms with Gasteiger partial charge in [-0.3, -0.25) is 4.99 Å². The van der Waals surface area contributed by atoms with Crippen molar-refractivity contribution in [2.75, 3.05) is 6.61 Å². The summed E-state index contributed by atoms with van der Waals surface area (Å²) >= 11 is 3.43. The lowest BCUT2D eigenvalue weighted by molar-refractivity contribution is 0.317. The summed E-state index contributed by atoms with van der Waals surface area (Å²) < 4.78 is 12.1. The molecule has 0 atom stereocenters. The molecular weight excluding hydrogens is 432 g/mol. The molecule has 0 spiro atoms. The van der Waals surface area contributed by atoms with E-state index in [1.54, 1.807) is 18.3 Å². The molecule has 1 heterocycles. The van der Waals surface area contributed by atoms with Crippen LogP contribution in [0.25, 0.3) is 22.6 Å². The van der Waals surface area contributed by atoms with E-state index in [-0.39, 0.29) is 5.75 Å². The minimum absolute atomic E-state index is 0.0669. The summed E-state index contributed by atoms with van der Waals surface area (Å²) in [7, 11) is 0. The predicted molar refractivity (Wildman–Crippen MR) is 118 cm³/mol. The van der Waals surface area contributed by atoms with E-state index in [4.69, 9.17) is 9.15 Å². The molecule has 1 N–H and O–H groups in total. The maximum atomic E-state index is 10.3. The van der Waals surface area contributed by atoms with Crippen molar-refractivity contribution in [2.24, 2.45) is 4.99 Å². The minimum atomic E-state index is 0.0669. The van der Waals surface area contributed by atoms with Crippen LogP contribution in [0.4, 0.5) is 5.69 Å². The predicted octanol–water partition coefficient (Wildman–Crippen LogP) is 6.42. The second-order valence-electron chi connectivity index (χ2n) is 6.52. The average Bonchev–Trinajstić information content (AvgIpc) is 3.16. The first kappa shape index (κ1) is 19.2. The van der Waals surface area contributed by atoms with Gasteiger partial charge in [-0.15, -0.1) is 0 Å². The van der Waals surface area contributed by atoms with Crippen molar-refractivity contribution in [1.82, 2.24) is 4.98 Å². The van der Waals surface area contributed by atoms with Crippen molar-refractivity contribution in [3.05, 3.63) is 70.2 Å². The van der Waals surface area contributed by atoms with E-state index in [0.717, 1.165) is 32.4 Å². The smallest absolute Gasteiger partial charge is 0.227 e. The molecule has 4 rings (SSSR count). The monoisotopic (exact) mass is 450 g/mol. The van der Waals surface area contributed by atoms with Gasteiger partial charge in [-0.25, -0.2) is 4.98 Å². The first-order valence-electron chi connectivity index (χ1n) is 9.21. The second kappa shape index (κ2) is 8.09. The lowest BCUT2D eigenvalue weighted by Gasteiger charge is -2.08. The number of halogens is 1. The molecule has 0 aliphatic heterocycles. The van der Waals surface area contributed by atoms with Gasteiger partial charge in [0.05, 0.1) is 12.3 Å². The van der Waals surface area contributed by atoms with Gasteiger partial charge in [0.2, 0.25) is 5.89 Å². The Balaban J connectivity index is 1.59. The van der Waals surface area contributed by atoms with Crippen LogP contribution in [0.2, 0.25) is 0 Å². The third kappa shape index (κ3) is 4.03. The summed E-state index contributed by atoms with van der Waals surface area (Å²) in [6, 6.07) is 17.0. The molecule has 1 aromatic heterocycles. The summed E-state index contributed by atoms with van der Waals surface area (Å²) in [5.74, 6) is 1.07. The molecule has 146 valence electrons. The Hall–Kier alpha value is -3.12. The zero-order valence-corrected chi connectivity index (χ0v) is 17.6. The Kier molecular flexibility index (Phi) is 5.36. The quantitative estimate of drug-likeness (QED) is 0.356. The number of hydrogen-bond acceptors (Lipinski definition) is 5. The number of benzene rings is 3. The molecule has 0 bridgehead atoms. The van der Waals surface area contributed by atoms with E-state index >= 15 is 0 Å². The molecule has 0 saturated heterocycles. The van der Waals surface area contributed by atoms with Crippen molar-refractivity contribution in [2.45, 2.75) is 13.8 Å². The highest BCUT2D eigenvalue weighted by Gasteiger charge is 2.10. The van der Waals surface area contributed by atoms with Crippen molar-refractivity contribution in [1.29, 1.82) is 0 Å². The lowest BCUT2D eigenvalue weighted by Crippen LogP contribution is -1.94. The number of rotatable bonds is 5. The zero-order chi connectivity index (χ0) is 20.4. The van der Waals surface area contributed by atoms with E-state index in [1.807, 2.05) is 56.3 Å².